The van der Waals surface area contributed by atoms with Crippen LogP contribution < -0.4 is 0 Å². The normalized spacial score (nSPS) is 20.6. The maximum absolute atomic E-state index is 12.8. The third kappa shape index (κ3) is 4.35. The van der Waals surface area contributed by atoms with Crippen molar-refractivity contribution >= 4 is 21.8 Å². The van der Waals surface area contributed by atoms with E-state index in [2.05, 4.69) is 29.6 Å². The molecular weight excluding hydrogens is 412 g/mol. The molecular formula is C23H32N4O3S. The topological polar surface area (TPSA) is 77.2 Å². The maximum Gasteiger partial charge on any atom is 0.246 e. The van der Waals surface area contributed by atoms with Gasteiger partial charge in [0.1, 0.15) is 0 Å². The summed E-state index contributed by atoms with van der Waals surface area (Å²) >= 11 is 0. The van der Waals surface area contributed by atoms with Crippen molar-refractivity contribution < 1.29 is 13.2 Å². The van der Waals surface area contributed by atoms with E-state index in [1.54, 1.807) is 18.0 Å². The first-order valence-electron chi connectivity index (χ1n) is 10.9. The molecule has 1 saturated carbocycles. The molecule has 2 fully saturated rings. The van der Waals surface area contributed by atoms with Crippen LogP contribution in [0.1, 0.15) is 65.2 Å². The lowest BCUT2D eigenvalue weighted by Gasteiger charge is -2.16. The second-order valence-electron chi connectivity index (χ2n) is 9.11. The van der Waals surface area contributed by atoms with Crippen molar-refractivity contribution in [1.82, 2.24) is 19.2 Å². The SMILES string of the molecule is Cc1nn(C2CCS(=O)(=O)C2)c(C)c1CN(C)C(=O)C=Cc1cc(C)n(C2CC2)c1C. The fourth-order valence-electron chi connectivity index (χ4n) is 4.72. The summed E-state index contributed by atoms with van der Waals surface area (Å²) in [5.74, 6) is 0.298. The smallest absolute Gasteiger partial charge is 0.246 e. The molecule has 0 bridgehead atoms. The molecule has 0 N–H and O–H groups in total. The minimum Gasteiger partial charge on any atom is -0.346 e. The average Bonchev–Trinajstić information content (AvgIpc) is 3.33. The van der Waals surface area contributed by atoms with E-state index in [4.69, 9.17) is 0 Å². The lowest BCUT2D eigenvalue weighted by molar-refractivity contribution is -0.125. The van der Waals surface area contributed by atoms with Gasteiger partial charge in [-0.05, 0) is 64.7 Å². The van der Waals surface area contributed by atoms with E-state index in [1.165, 1.54) is 24.2 Å². The highest BCUT2D eigenvalue weighted by atomic mass is 32.2. The van der Waals surface area contributed by atoms with Crippen molar-refractivity contribution in [1.29, 1.82) is 0 Å². The predicted molar refractivity (Wildman–Crippen MR) is 122 cm³/mol. The summed E-state index contributed by atoms with van der Waals surface area (Å²) in [5, 5.41) is 4.60. The quantitative estimate of drug-likeness (QED) is 0.641. The number of likely N-dealkylation sites (N-methyl/N-ethyl adjacent to an activating group) is 1. The Bertz CT molecular complexity index is 1150. The second-order valence-corrected chi connectivity index (χ2v) is 11.3. The van der Waals surface area contributed by atoms with Crippen LogP contribution in [-0.2, 0) is 21.2 Å². The number of sulfone groups is 1. The summed E-state index contributed by atoms with van der Waals surface area (Å²) in [6.07, 6.45) is 6.62. The van der Waals surface area contributed by atoms with Gasteiger partial charge in [0.25, 0.3) is 0 Å². The molecule has 2 aromatic heterocycles. The molecule has 4 rings (SSSR count). The lowest BCUT2D eigenvalue weighted by Crippen LogP contribution is -2.25. The monoisotopic (exact) mass is 444 g/mol. The minimum atomic E-state index is -2.98. The Labute approximate surface area is 184 Å². The molecule has 1 unspecified atom stereocenters. The second kappa shape index (κ2) is 7.97. The van der Waals surface area contributed by atoms with E-state index in [-0.39, 0.29) is 23.5 Å². The average molecular weight is 445 g/mol. The summed E-state index contributed by atoms with van der Waals surface area (Å²) in [4.78, 5) is 14.5. The molecule has 0 spiro atoms. The van der Waals surface area contributed by atoms with Crippen LogP contribution in [0.25, 0.3) is 6.08 Å². The summed E-state index contributed by atoms with van der Waals surface area (Å²) in [6.45, 7) is 8.56. The van der Waals surface area contributed by atoms with Crippen molar-refractivity contribution in [3.8, 4) is 0 Å². The summed E-state index contributed by atoms with van der Waals surface area (Å²) in [7, 11) is -1.19. The van der Waals surface area contributed by atoms with Gasteiger partial charge >= 0.3 is 0 Å². The zero-order valence-corrected chi connectivity index (χ0v) is 19.9. The zero-order chi connectivity index (χ0) is 22.5. The summed E-state index contributed by atoms with van der Waals surface area (Å²) < 4.78 is 27.9. The molecule has 7 nitrogen and oxygen atoms in total. The van der Waals surface area contributed by atoms with Crippen LogP contribution in [0, 0.1) is 27.7 Å². The van der Waals surface area contributed by atoms with Gasteiger partial charge in [-0.1, -0.05) is 0 Å². The third-order valence-electron chi connectivity index (χ3n) is 6.64. The van der Waals surface area contributed by atoms with Gasteiger partial charge in [0.15, 0.2) is 9.84 Å². The largest absolute Gasteiger partial charge is 0.346 e. The number of carbonyl (C=O) groups is 1. The Morgan fingerprint density at radius 2 is 1.87 bits per heavy atom. The first kappa shape index (κ1) is 21.9. The number of hydrogen-bond donors (Lipinski definition) is 0. The first-order valence-corrected chi connectivity index (χ1v) is 12.8. The highest BCUT2D eigenvalue weighted by molar-refractivity contribution is 7.91. The molecule has 1 amide bonds. The fraction of sp³-hybridized carbons (Fsp3) is 0.565. The molecule has 3 heterocycles. The standard InChI is InChI=1S/C23H32N4O3S/c1-15-12-19(17(3)26(15)20-7-8-20)6-9-23(28)25(5)13-22-16(2)24-27(18(22)4)21-10-11-31(29,30)14-21/h6,9,12,20-21H,7-8,10-11,13-14H2,1-5H3. The fourth-order valence-corrected chi connectivity index (χ4v) is 6.41. The number of nitrogens with zero attached hydrogens (tertiary/aromatic N) is 4. The lowest BCUT2D eigenvalue weighted by atomic mass is 10.1. The van der Waals surface area contributed by atoms with E-state index in [0.29, 0.717) is 19.0 Å². The number of amides is 1. The Morgan fingerprint density at radius 3 is 2.48 bits per heavy atom. The van der Waals surface area contributed by atoms with Crippen LogP contribution in [0.3, 0.4) is 0 Å². The van der Waals surface area contributed by atoms with Crippen LogP contribution >= 0.6 is 0 Å². The zero-order valence-electron chi connectivity index (χ0n) is 19.1. The van der Waals surface area contributed by atoms with Crippen LogP contribution in [0.4, 0.5) is 0 Å². The Morgan fingerprint density at radius 1 is 1.16 bits per heavy atom. The molecule has 0 aromatic carbocycles. The van der Waals surface area contributed by atoms with Gasteiger partial charge in [0.05, 0.1) is 23.2 Å². The Hall–Kier alpha value is -2.35. The molecule has 8 heteroatoms. The summed E-state index contributed by atoms with van der Waals surface area (Å²) in [5.41, 5.74) is 6.32. The highest BCUT2D eigenvalue weighted by Gasteiger charge is 2.31. The Balaban J connectivity index is 1.46. The maximum atomic E-state index is 12.8. The van der Waals surface area contributed by atoms with Crippen molar-refractivity contribution in [2.24, 2.45) is 0 Å². The molecule has 31 heavy (non-hydrogen) atoms. The van der Waals surface area contributed by atoms with Crippen LogP contribution in [0.2, 0.25) is 0 Å². The van der Waals surface area contributed by atoms with Gasteiger partial charge in [-0.25, -0.2) is 8.42 Å². The van der Waals surface area contributed by atoms with Crippen LogP contribution in [0.5, 0.6) is 0 Å². The number of hydrogen-bond acceptors (Lipinski definition) is 4. The van der Waals surface area contributed by atoms with Gasteiger partial charge in [-0.2, -0.15) is 5.10 Å². The van der Waals surface area contributed by atoms with E-state index >= 15 is 0 Å². The van der Waals surface area contributed by atoms with Gasteiger partial charge in [-0.3, -0.25) is 9.48 Å². The number of carbonyl (C=O) groups excluding carboxylic acids is 1. The van der Waals surface area contributed by atoms with Gasteiger partial charge in [0.2, 0.25) is 5.91 Å². The van der Waals surface area contributed by atoms with Crippen LogP contribution in [-0.4, -0.2) is 52.1 Å². The van der Waals surface area contributed by atoms with Crippen molar-refractivity contribution in [2.45, 2.75) is 65.6 Å². The Kier molecular flexibility index (Phi) is 5.62. The van der Waals surface area contributed by atoms with E-state index in [0.717, 1.165) is 22.5 Å². The van der Waals surface area contributed by atoms with E-state index in [1.807, 2.05) is 24.6 Å². The molecule has 168 valence electrons. The summed E-state index contributed by atoms with van der Waals surface area (Å²) in [6, 6.07) is 2.66. The van der Waals surface area contributed by atoms with Crippen LogP contribution in [0.15, 0.2) is 12.1 Å². The van der Waals surface area contributed by atoms with Gasteiger partial charge in [-0.15, -0.1) is 0 Å². The van der Waals surface area contributed by atoms with E-state index < -0.39 is 9.84 Å². The van der Waals surface area contributed by atoms with Crippen molar-refractivity contribution in [2.75, 3.05) is 18.6 Å². The minimum absolute atomic E-state index is 0.0637. The number of rotatable bonds is 6. The van der Waals surface area contributed by atoms with E-state index in [9.17, 15) is 13.2 Å². The molecule has 2 aromatic rings. The van der Waals surface area contributed by atoms with Crippen molar-refractivity contribution in [3.63, 3.8) is 0 Å². The molecule has 1 aliphatic heterocycles. The predicted octanol–water partition coefficient (Wildman–Crippen LogP) is 3.28. The highest BCUT2D eigenvalue weighted by Crippen LogP contribution is 2.38. The number of aryl methyl sites for hydroxylation is 2. The van der Waals surface area contributed by atoms with Crippen molar-refractivity contribution in [3.05, 3.63) is 46.0 Å². The molecule has 1 saturated heterocycles. The molecule has 1 aliphatic carbocycles. The molecule has 0 radical (unpaired) electrons. The third-order valence-corrected chi connectivity index (χ3v) is 8.39. The van der Waals surface area contributed by atoms with Gasteiger partial charge < -0.3 is 9.47 Å². The molecule has 1 atom stereocenters. The van der Waals surface area contributed by atoms with Gasteiger partial charge in [0, 0.05) is 48.4 Å². The molecule has 2 aliphatic rings. The number of aromatic nitrogens is 3. The first-order chi connectivity index (χ1) is 14.6.